The number of hydrogen-bond acceptors (Lipinski definition) is 4. The molecule has 0 bridgehead atoms. The van der Waals surface area contributed by atoms with E-state index in [-0.39, 0.29) is 17.8 Å². The van der Waals surface area contributed by atoms with Crippen LogP contribution in [0.2, 0.25) is 0 Å². The molecule has 1 aliphatic carbocycles. The first kappa shape index (κ1) is 23.2. The lowest BCUT2D eigenvalue weighted by Gasteiger charge is -2.35. The monoisotopic (exact) mass is 496 g/mol. The maximum atomic E-state index is 12.1. The summed E-state index contributed by atoms with van der Waals surface area (Å²) in [6.07, 6.45) is 5.32. The Bertz CT molecular complexity index is 1560. The molecular formula is C29H28N4O4. The van der Waals surface area contributed by atoms with Gasteiger partial charge in [-0.15, -0.1) is 0 Å². The van der Waals surface area contributed by atoms with Gasteiger partial charge in [-0.1, -0.05) is 48.5 Å². The van der Waals surface area contributed by atoms with Crippen molar-refractivity contribution >= 4 is 33.4 Å². The Morgan fingerprint density at radius 2 is 1.92 bits per heavy atom. The van der Waals surface area contributed by atoms with Gasteiger partial charge in [-0.25, -0.2) is 10.1 Å². The smallest absolute Gasteiger partial charge is 0.281 e. The largest absolute Gasteiger partial charge is 0.467 e. The van der Waals surface area contributed by atoms with Gasteiger partial charge in [0.05, 0.1) is 12.8 Å². The maximum Gasteiger partial charge on any atom is 0.281 e. The zero-order valence-corrected chi connectivity index (χ0v) is 20.7. The van der Waals surface area contributed by atoms with Crippen molar-refractivity contribution in [1.82, 2.24) is 9.80 Å². The van der Waals surface area contributed by atoms with E-state index in [0.717, 1.165) is 30.6 Å². The van der Waals surface area contributed by atoms with Crippen LogP contribution >= 0.6 is 0 Å². The minimum absolute atomic E-state index is 0.0814. The van der Waals surface area contributed by atoms with Gasteiger partial charge in [-0.05, 0) is 75.9 Å². The van der Waals surface area contributed by atoms with E-state index in [9.17, 15) is 14.9 Å². The van der Waals surface area contributed by atoms with Crippen molar-refractivity contribution in [3.05, 3.63) is 93.4 Å². The molecule has 6 rings (SSSR count). The number of amides is 1. The number of nitrogens with zero attached hydrogens (tertiary/aromatic N) is 4. The summed E-state index contributed by atoms with van der Waals surface area (Å²) in [5.41, 5.74) is 3.92. The van der Waals surface area contributed by atoms with Crippen molar-refractivity contribution < 1.29 is 14.2 Å². The molecular weight excluding hydrogens is 468 g/mol. The first-order valence-electron chi connectivity index (χ1n) is 12.7. The molecule has 2 heterocycles. The summed E-state index contributed by atoms with van der Waals surface area (Å²) in [6.45, 7) is 2.74. The molecule has 0 saturated carbocycles. The number of hydrazone groups is 1. The topological polar surface area (TPSA) is 92.2 Å². The average Bonchev–Trinajstić information content (AvgIpc) is 3.36. The van der Waals surface area contributed by atoms with Crippen LogP contribution in [-0.4, -0.2) is 39.8 Å². The van der Waals surface area contributed by atoms with Crippen LogP contribution in [0, 0.1) is 10.1 Å². The minimum atomic E-state index is -0.737. The molecule has 2 aliphatic rings. The molecule has 4 aromatic rings. The number of furan rings is 1. The number of hydrogen-bond donors (Lipinski definition) is 0. The zero-order chi connectivity index (χ0) is 25.5. The third-order valence-electron chi connectivity index (χ3n) is 7.79. The molecule has 8 heteroatoms. The van der Waals surface area contributed by atoms with Crippen molar-refractivity contribution in [2.45, 2.75) is 45.1 Å². The molecule has 1 amide bonds. The van der Waals surface area contributed by atoms with Crippen LogP contribution in [0.1, 0.15) is 48.1 Å². The molecule has 1 unspecified atom stereocenters. The van der Waals surface area contributed by atoms with Crippen LogP contribution in [0.4, 0.5) is 0 Å². The fourth-order valence-electron chi connectivity index (χ4n) is 6.06. The average molecular weight is 497 g/mol. The van der Waals surface area contributed by atoms with Gasteiger partial charge in [0.15, 0.2) is 5.03 Å². The molecule has 37 heavy (non-hydrogen) atoms. The predicted octanol–water partition coefficient (Wildman–Crippen LogP) is 5.46. The second-order valence-electron chi connectivity index (χ2n) is 9.91. The highest BCUT2D eigenvalue weighted by Crippen LogP contribution is 2.39. The van der Waals surface area contributed by atoms with E-state index >= 15 is 0 Å². The van der Waals surface area contributed by atoms with Crippen LogP contribution in [0.15, 0.2) is 70.4 Å². The Morgan fingerprint density at radius 1 is 1.08 bits per heavy atom. The van der Waals surface area contributed by atoms with E-state index < -0.39 is 5.03 Å². The molecule has 8 nitrogen and oxygen atoms in total. The highest BCUT2D eigenvalue weighted by atomic mass is 16.7. The molecule has 1 aromatic heterocycles. The molecule has 1 fully saturated rings. The number of rotatable bonds is 4. The quantitative estimate of drug-likeness (QED) is 0.213. The second kappa shape index (κ2) is 9.35. The van der Waals surface area contributed by atoms with E-state index in [2.05, 4.69) is 53.6 Å². The molecule has 1 saturated heterocycles. The van der Waals surface area contributed by atoms with Crippen LogP contribution in [0.25, 0.3) is 21.5 Å². The van der Waals surface area contributed by atoms with Crippen LogP contribution in [0.5, 0.6) is 0 Å². The van der Waals surface area contributed by atoms with Gasteiger partial charge in [0.2, 0.25) is 5.91 Å². The van der Waals surface area contributed by atoms with Crippen LogP contribution < -0.4 is 0 Å². The van der Waals surface area contributed by atoms with Crippen LogP contribution in [-0.2, 0) is 24.2 Å². The van der Waals surface area contributed by atoms with Crippen molar-refractivity contribution in [3.63, 3.8) is 0 Å². The number of carbonyl (C=O) groups is 1. The van der Waals surface area contributed by atoms with Crippen LogP contribution in [0.3, 0.4) is 0 Å². The number of carbonyl (C=O) groups excluding carboxylic acids is 1. The summed E-state index contributed by atoms with van der Waals surface area (Å²) in [5.74, 6) is 0.884. The zero-order valence-electron chi connectivity index (χ0n) is 20.7. The third kappa shape index (κ3) is 4.22. The highest BCUT2D eigenvalue weighted by molar-refractivity contribution is 6.08. The lowest BCUT2D eigenvalue weighted by atomic mass is 9.78. The van der Waals surface area contributed by atoms with Gasteiger partial charge in [0.25, 0.3) is 5.96 Å². The SMILES string of the molecule is CC(=O)N1CCCN(Cc2occc2C2CCc3ccc4c(ccc5ccccc54)c3C2)C1=N[N+](=O)[O-]. The fraction of sp³-hybridized carbons (Fsp3) is 0.310. The standard InChI is InChI=1S/C29H28N4O4/c1-19(34)32-15-4-14-31(29(32)30-33(35)36)18-28-24(13-16-37-28)22-8-7-21-10-11-25-23-6-3-2-5-20(23)9-12-26(25)27(21)17-22/h2-3,5-6,9-13,16,22H,4,7-8,14-15,17-18H2,1H3. The molecule has 0 radical (unpaired) electrons. The van der Waals surface area contributed by atoms with E-state index in [1.165, 1.54) is 44.5 Å². The first-order chi connectivity index (χ1) is 18.0. The molecule has 0 spiro atoms. The Hall–Kier alpha value is -4.20. The van der Waals surface area contributed by atoms with Gasteiger partial charge in [-0.2, -0.15) is 0 Å². The Kier molecular flexibility index (Phi) is 5.87. The Morgan fingerprint density at radius 3 is 2.76 bits per heavy atom. The Labute approximate surface area is 214 Å². The van der Waals surface area contributed by atoms with E-state index in [1.54, 1.807) is 11.2 Å². The summed E-state index contributed by atoms with van der Waals surface area (Å²) < 4.78 is 5.93. The lowest BCUT2D eigenvalue weighted by Crippen LogP contribution is -2.52. The summed E-state index contributed by atoms with van der Waals surface area (Å²) in [6, 6.07) is 19.5. The van der Waals surface area contributed by atoms with Gasteiger partial charge in [0, 0.05) is 20.0 Å². The van der Waals surface area contributed by atoms with Gasteiger partial charge in [0.1, 0.15) is 10.9 Å². The molecule has 0 N–H and O–H groups in total. The molecule has 188 valence electrons. The second-order valence-corrected chi connectivity index (χ2v) is 9.91. The highest BCUT2D eigenvalue weighted by Gasteiger charge is 2.32. The van der Waals surface area contributed by atoms with E-state index in [4.69, 9.17) is 4.42 Å². The summed E-state index contributed by atoms with van der Waals surface area (Å²) in [7, 11) is 0. The Balaban J connectivity index is 1.32. The number of fused-ring (bicyclic) bond motifs is 5. The summed E-state index contributed by atoms with van der Waals surface area (Å²) in [4.78, 5) is 26.5. The maximum absolute atomic E-state index is 12.1. The van der Waals surface area contributed by atoms with Gasteiger partial charge >= 0.3 is 0 Å². The number of guanidine groups is 1. The molecule has 1 atom stereocenters. The summed E-state index contributed by atoms with van der Waals surface area (Å²) in [5, 5.41) is 19.2. The molecule has 3 aromatic carbocycles. The first-order valence-corrected chi connectivity index (χ1v) is 12.7. The molecule has 1 aliphatic heterocycles. The van der Waals surface area contributed by atoms with Crippen molar-refractivity contribution in [2.24, 2.45) is 5.10 Å². The third-order valence-corrected chi connectivity index (χ3v) is 7.79. The van der Waals surface area contributed by atoms with E-state index in [0.29, 0.717) is 26.1 Å². The van der Waals surface area contributed by atoms with Gasteiger partial charge < -0.3 is 9.32 Å². The number of benzene rings is 3. The van der Waals surface area contributed by atoms with Gasteiger partial charge in [-0.3, -0.25) is 9.69 Å². The lowest BCUT2D eigenvalue weighted by molar-refractivity contribution is -0.486. The predicted molar refractivity (Wildman–Crippen MR) is 142 cm³/mol. The van der Waals surface area contributed by atoms with Crippen molar-refractivity contribution in [1.29, 1.82) is 0 Å². The normalized spacial score (nSPS) is 18.9. The van der Waals surface area contributed by atoms with Crippen molar-refractivity contribution in [2.75, 3.05) is 13.1 Å². The number of nitro groups is 1. The minimum Gasteiger partial charge on any atom is -0.467 e. The van der Waals surface area contributed by atoms with Crippen molar-refractivity contribution in [3.8, 4) is 0 Å². The summed E-state index contributed by atoms with van der Waals surface area (Å²) >= 11 is 0. The fourth-order valence-corrected chi connectivity index (χ4v) is 6.06. The number of aryl methyl sites for hydroxylation is 1. The van der Waals surface area contributed by atoms with E-state index in [1.807, 2.05) is 6.07 Å².